The third-order valence-corrected chi connectivity index (χ3v) is 4.52. The Morgan fingerprint density at radius 3 is 2.92 bits per heavy atom. The number of carbonyl (C=O) groups is 1. The van der Waals surface area contributed by atoms with Gasteiger partial charge in [-0.2, -0.15) is 0 Å². The maximum absolute atomic E-state index is 11.8. The van der Waals surface area contributed by atoms with Crippen LogP contribution < -0.4 is 5.32 Å². The molecule has 7 nitrogen and oxygen atoms in total. The lowest BCUT2D eigenvalue weighted by Gasteiger charge is -2.31. The molecule has 1 fully saturated rings. The number of para-hydroxylation sites is 1. The second kappa shape index (κ2) is 6.58. The minimum atomic E-state index is -0.234. The number of hydrogen-bond donors (Lipinski definition) is 1. The number of anilines is 1. The molecule has 2 aromatic heterocycles. The molecule has 0 unspecified atom stereocenters. The van der Waals surface area contributed by atoms with Gasteiger partial charge in [-0.1, -0.05) is 12.1 Å². The molecule has 1 saturated heterocycles. The van der Waals surface area contributed by atoms with E-state index in [4.69, 9.17) is 9.15 Å². The molecular weight excluding hydrogens is 320 g/mol. The number of likely N-dealkylation sites (tertiary alicyclic amines) is 1. The van der Waals surface area contributed by atoms with Gasteiger partial charge in [0.05, 0.1) is 6.61 Å². The Morgan fingerprint density at radius 1 is 1.32 bits per heavy atom. The Kier molecular flexibility index (Phi) is 4.13. The molecule has 1 aliphatic heterocycles. The fourth-order valence-corrected chi connectivity index (χ4v) is 3.24. The molecular formula is C18H20N4O3. The van der Waals surface area contributed by atoms with Gasteiger partial charge in [-0.05, 0) is 31.9 Å². The van der Waals surface area contributed by atoms with Crippen LogP contribution in [0.2, 0.25) is 0 Å². The summed E-state index contributed by atoms with van der Waals surface area (Å²) >= 11 is 0. The number of ether oxygens (including phenoxy) is 1. The molecule has 1 N–H and O–H groups in total. The minimum Gasteiger partial charge on any atom is -0.450 e. The van der Waals surface area contributed by atoms with Crippen molar-refractivity contribution in [2.24, 2.45) is 0 Å². The van der Waals surface area contributed by atoms with E-state index in [9.17, 15) is 4.79 Å². The molecule has 0 bridgehead atoms. The van der Waals surface area contributed by atoms with Gasteiger partial charge < -0.3 is 19.4 Å². The standard InChI is InChI=1S/C18H20N4O3/c1-2-24-18(23)22-9-7-12(8-10-22)21-17-16-15(19-11-20-17)13-5-3-4-6-14(13)25-16/h3-6,11-12H,2,7-10H2,1H3,(H,19,20,21). The number of carbonyl (C=O) groups excluding carboxylic acids is 1. The number of rotatable bonds is 3. The maximum Gasteiger partial charge on any atom is 0.409 e. The quantitative estimate of drug-likeness (QED) is 0.787. The lowest BCUT2D eigenvalue weighted by Crippen LogP contribution is -2.42. The van der Waals surface area contributed by atoms with Gasteiger partial charge in [0.15, 0.2) is 11.4 Å². The van der Waals surface area contributed by atoms with Crippen LogP contribution in [0.3, 0.4) is 0 Å². The van der Waals surface area contributed by atoms with Gasteiger partial charge in [-0.3, -0.25) is 0 Å². The van der Waals surface area contributed by atoms with Gasteiger partial charge in [0.1, 0.15) is 17.4 Å². The van der Waals surface area contributed by atoms with Gasteiger partial charge in [0.25, 0.3) is 0 Å². The van der Waals surface area contributed by atoms with Crippen LogP contribution >= 0.6 is 0 Å². The number of nitrogens with one attached hydrogen (secondary N) is 1. The first-order valence-corrected chi connectivity index (χ1v) is 8.56. The summed E-state index contributed by atoms with van der Waals surface area (Å²) in [7, 11) is 0. The Morgan fingerprint density at radius 2 is 2.12 bits per heavy atom. The lowest BCUT2D eigenvalue weighted by molar-refractivity contribution is 0.0983. The lowest BCUT2D eigenvalue weighted by atomic mass is 10.1. The summed E-state index contributed by atoms with van der Waals surface area (Å²) in [6, 6.07) is 8.07. The molecule has 25 heavy (non-hydrogen) atoms. The fraction of sp³-hybridized carbons (Fsp3) is 0.389. The Hall–Kier alpha value is -2.83. The highest BCUT2D eigenvalue weighted by atomic mass is 16.6. The van der Waals surface area contributed by atoms with Crippen molar-refractivity contribution in [1.29, 1.82) is 0 Å². The molecule has 7 heteroatoms. The van der Waals surface area contributed by atoms with Crippen LogP contribution in [0.5, 0.6) is 0 Å². The minimum absolute atomic E-state index is 0.233. The zero-order valence-corrected chi connectivity index (χ0v) is 14.1. The van der Waals surface area contributed by atoms with Crippen molar-refractivity contribution in [3.8, 4) is 0 Å². The van der Waals surface area contributed by atoms with Crippen molar-refractivity contribution in [3.63, 3.8) is 0 Å². The second-order valence-corrected chi connectivity index (χ2v) is 6.10. The largest absolute Gasteiger partial charge is 0.450 e. The summed E-state index contributed by atoms with van der Waals surface area (Å²) in [5, 5.41) is 4.44. The topological polar surface area (TPSA) is 80.5 Å². The van der Waals surface area contributed by atoms with Crippen LogP contribution in [-0.2, 0) is 4.74 Å². The first-order valence-electron chi connectivity index (χ1n) is 8.56. The average Bonchev–Trinajstić information content (AvgIpc) is 3.02. The molecule has 1 amide bonds. The molecule has 0 saturated carbocycles. The van der Waals surface area contributed by atoms with E-state index < -0.39 is 0 Å². The van der Waals surface area contributed by atoms with Gasteiger partial charge in [0.2, 0.25) is 0 Å². The van der Waals surface area contributed by atoms with Crippen LogP contribution in [0.4, 0.5) is 10.6 Å². The molecule has 0 radical (unpaired) electrons. The Labute approximate surface area is 145 Å². The number of amides is 1. The summed E-state index contributed by atoms with van der Waals surface area (Å²) in [5.74, 6) is 0.704. The zero-order chi connectivity index (χ0) is 17.2. The average molecular weight is 340 g/mol. The van der Waals surface area contributed by atoms with E-state index in [0.29, 0.717) is 31.1 Å². The number of fused-ring (bicyclic) bond motifs is 3. The van der Waals surface area contributed by atoms with Crippen molar-refractivity contribution < 1.29 is 13.9 Å². The van der Waals surface area contributed by atoms with E-state index >= 15 is 0 Å². The van der Waals surface area contributed by atoms with E-state index in [1.807, 2.05) is 31.2 Å². The highest BCUT2D eigenvalue weighted by Crippen LogP contribution is 2.31. The Bertz CT molecular complexity index is 900. The molecule has 130 valence electrons. The molecule has 3 aromatic rings. The summed E-state index contributed by atoms with van der Waals surface area (Å²) in [6.07, 6.45) is 3.00. The number of furan rings is 1. The van der Waals surface area contributed by atoms with Crippen LogP contribution in [0.1, 0.15) is 19.8 Å². The van der Waals surface area contributed by atoms with E-state index in [2.05, 4.69) is 15.3 Å². The predicted molar refractivity (Wildman–Crippen MR) is 94.5 cm³/mol. The van der Waals surface area contributed by atoms with Crippen LogP contribution in [-0.4, -0.2) is 46.7 Å². The monoisotopic (exact) mass is 340 g/mol. The summed E-state index contributed by atoms with van der Waals surface area (Å²) in [4.78, 5) is 22.3. The number of piperidine rings is 1. The van der Waals surface area contributed by atoms with E-state index in [1.54, 1.807) is 11.2 Å². The van der Waals surface area contributed by atoms with Crippen molar-refractivity contribution in [2.45, 2.75) is 25.8 Å². The first kappa shape index (κ1) is 15.7. The normalized spacial score (nSPS) is 15.6. The van der Waals surface area contributed by atoms with Gasteiger partial charge >= 0.3 is 6.09 Å². The zero-order valence-electron chi connectivity index (χ0n) is 14.1. The van der Waals surface area contributed by atoms with E-state index in [-0.39, 0.29) is 12.1 Å². The fourth-order valence-electron chi connectivity index (χ4n) is 3.24. The predicted octanol–water partition coefficient (Wildman–Crippen LogP) is 3.41. The van der Waals surface area contributed by atoms with Crippen molar-refractivity contribution in [2.75, 3.05) is 25.0 Å². The van der Waals surface area contributed by atoms with Crippen molar-refractivity contribution in [1.82, 2.24) is 14.9 Å². The van der Waals surface area contributed by atoms with Crippen LogP contribution in [0.25, 0.3) is 22.1 Å². The maximum atomic E-state index is 11.8. The highest BCUT2D eigenvalue weighted by molar-refractivity contribution is 6.05. The molecule has 1 aromatic carbocycles. The number of benzene rings is 1. The number of hydrogen-bond acceptors (Lipinski definition) is 6. The van der Waals surface area contributed by atoms with Crippen molar-refractivity contribution >= 4 is 34.0 Å². The molecule has 0 spiro atoms. The third kappa shape index (κ3) is 2.97. The van der Waals surface area contributed by atoms with Gasteiger partial charge in [-0.15, -0.1) is 0 Å². The van der Waals surface area contributed by atoms with Crippen LogP contribution in [0, 0.1) is 0 Å². The third-order valence-electron chi connectivity index (χ3n) is 4.52. The molecule has 4 rings (SSSR count). The summed E-state index contributed by atoms with van der Waals surface area (Å²) in [6.45, 7) is 3.57. The number of nitrogens with zero attached hydrogens (tertiary/aromatic N) is 3. The number of aromatic nitrogens is 2. The van der Waals surface area contributed by atoms with Gasteiger partial charge in [-0.25, -0.2) is 14.8 Å². The van der Waals surface area contributed by atoms with Gasteiger partial charge in [0, 0.05) is 24.5 Å². The molecule has 1 aliphatic rings. The molecule has 0 aliphatic carbocycles. The second-order valence-electron chi connectivity index (χ2n) is 6.10. The summed E-state index contributed by atoms with van der Waals surface area (Å²) < 4.78 is 11.0. The van der Waals surface area contributed by atoms with Crippen LogP contribution in [0.15, 0.2) is 35.0 Å². The van der Waals surface area contributed by atoms with Crippen molar-refractivity contribution in [3.05, 3.63) is 30.6 Å². The molecule has 3 heterocycles. The first-order chi connectivity index (χ1) is 12.3. The van der Waals surface area contributed by atoms with E-state index in [1.165, 1.54) is 0 Å². The highest BCUT2D eigenvalue weighted by Gasteiger charge is 2.24. The summed E-state index contributed by atoms with van der Waals surface area (Å²) in [5.41, 5.74) is 2.30. The smallest absolute Gasteiger partial charge is 0.409 e. The molecule has 0 atom stereocenters. The SMILES string of the molecule is CCOC(=O)N1CCC(Nc2ncnc3c2oc2ccccc23)CC1. The Balaban J connectivity index is 1.51. The van der Waals surface area contributed by atoms with E-state index in [0.717, 1.165) is 29.3 Å².